The van der Waals surface area contributed by atoms with Crippen molar-refractivity contribution < 1.29 is 8.42 Å². The zero-order valence-corrected chi connectivity index (χ0v) is 14.2. The summed E-state index contributed by atoms with van der Waals surface area (Å²) in [6.07, 6.45) is 0. The van der Waals surface area contributed by atoms with Crippen molar-refractivity contribution in [2.45, 2.75) is 25.7 Å². The van der Waals surface area contributed by atoms with Crippen LogP contribution in [0.15, 0.2) is 35.2 Å². The number of hydrogen-bond donors (Lipinski definition) is 1. The molecular formula is C15H15Cl2NO2S. The molecule has 2 rings (SSSR count). The van der Waals surface area contributed by atoms with Gasteiger partial charge in [0.15, 0.2) is 0 Å². The molecule has 0 aliphatic rings. The van der Waals surface area contributed by atoms with Gasteiger partial charge in [-0.25, -0.2) is 8.42 Å². The van der Waals surface area contributed by atoms with Gasteiger partial charge < -0.3 is 0 Å². The van der Waals surface area contributed by atoms with Crippen LogP contribution in [0.25, 0.3) is 0 Å². The van der Waals surface area contributed by atoms with E-state index >= 15 is 0 Å². The molecule has 0 spiro atoms. The Kier molecular flexibility index (Phi) is 4.51. The molecule has 0 aliphatic carbocycles. The van der Waals surface area contributed by atoms with Gasteiger partial charge in [0.05, 0.1) is 15.6 Å². The molecule has 0 saturated heterocycles. The summed E-state index contributed by atoms with van der Waals surface area (Å²) in [7, 11) is -3.70. The minimum Gasteiger partial charge on any atom is -0.278 e. The molecule has 2 aromatic rings. The lowest BCUT2D eigenvalue weighted by Gasteiger charge is -2.14. The molecule has 0 aliphatic heterocycles. The first-order chi connectivity index (χ1) is 9.70. The molecule has 0 amide bonds. The van der Waals surface area contributed by atoms with E-state index in [1.807, 2.05) is 19.1 Å². The smallest absolute Gasteiger partial charge is 0.262 e. The highest BCUT2D eigenvalue weighted by atomic mass is 35.5. The second kappa shape index (κ2) is 5.87. The maximum atomic E-state index is 12.6. The third kappa shape index (κ3) is 3.51. The zero-order valence-electron chi connectivity index (χ0n) is 11.9. The summed E-state index contributed by atoms with van der Waals surface area (Å²) in [5, 5.41) is 0.708. The Balaban J connectivity index is 2.48. The van der Waals surface area contributed by atoms with Crippen LogP contribution in [0, 0.1) is 20.8 Å². The van der Waals surface area contributed by atoms with Crippen LogP contribution >= 0.6 is 23.2 Å². The SMILES string of the molecule is Cc1cc(C)c(S(=O)(=O)Nc2ccc(Cl)cc2Cl)c(C)c1. The minimum absolute atomic E-state index is 0.258. The van der Waals surface area contributed by atoms with E-state index in [1.54, 1.807) is 26.0 Å². The molecule has 0 aromatic heterocycles. The Morgan fingerprint density at radius 2 is 1.52 bits per heavy atom. The predicted molar refractivity (Wildman–Crippen MR) is 87.9 cm³/mol. The topological polar surface area (TPSA) is 46.2 Å². The largest absolute Gasteiger partial charge is 0.278 e. The van der Waals surface area contributed by atoms with Gasteiger partial charge >= 0.3 is 0 Å². The molecule has 0 unspecified atom stereocenters. The van der Waals surface area contributed by atoms with E-state index in [1.165, 1.54) is 6.07 Å². The third-order valence-corrected chi connectivity index (χ3v) is 5.27. The second-order valence-electron chi connectivity index (χ2n) is 4.96. The molecule has 0 bridgehead atoms. The first kappa shape index (κ1) is 16.1. The summed E-state index contributed by atoms with van der Waals surface area (Å²) in [5.74, 6) is 0. The van der Waals surface area contributed by atoms with Gasteiger partial charge in [-0.05, 0) is 50.1 Å². The number of nitrogens with one attached hydrogen (secondary N) is 1. The molecule has 1 N–H and O–H groups in total. The molecule has 21 heavy (non-hydrogen) atoms. The van der Waals surface area contributed by atoms with Gasteiger partial charge in [-0.3, -0.25) is 4.72 Å². The van der Waals surface area contributed by atoms with E-state index < -0.39 is 10.0 Å². The molecule has 0 saturated carbocycles. The summed E-state index contributed by atoms with van der Waals surface area (Å²) in [4.78, 5) is 0.277. The summed E-state index contributed by atoms with van der Waals surface area (Å²) < 4.78 is 27.7. The lowest BCUT2D eigenvalue weighted by Crippen LogP contribution is -2.16. The molecular weight excluding hydrogens is 329 g/mol. The monoisotopic (exact) mass is 343 g/mol. The summed E-state index contributed by atoms with van der Waals surface area (Å²) in [6, 6.07) is 8.30. The summed E-state index contributed by atoms with van der Waals surface area (Å²) in [6.45, 7) is 5.48. The van der Waals surface area contributed by atoms with Crippen molar-refractivity contribution in [3.63, 3.8) is 0 Å². The van der Waals surface area contributed by atoms with Crippen molar-refractivity contribution in [3.8, 4) is 0 Å². The first-order valence-electron chi connectivity index (χ1n) is 6.26. The molecule has 0 fully saturated rings. The average molecular weight is 344 g/mol. The van der Waals surface area contributed by atoms with Crippen LogP contribution in [0.4, 0.5) is 5.69 Å². The number of anilines is 1. The van der Waals surface area contributed by atoms with Gasteiger partial charge in [0.2, 0.25) is 0 Å². The van der Waals surface area contributed by atoms with Crippen LogP contribution in [0.5, 0.6) is 0 Å². The van der Waals surface area contributed by atoms with Crippen LogP contribution in [0.1, 0.15) is 16.7 Å². The number of aryl methyl sites for hydroxylation is 3. The standard InChI is InChI=1S/C15H15Cl2NO2S/c1-9-6-10(2)15(11(3)7-9)21(19,20)18-14-5-4-12(16)8-13(14)17/h4-8,18H,1-3H3. The Morgan fingerprint density at radius 3 is 2.05 bits per heavy atom. The van der Waals surface area contributed by atoms with E-state index in [2.05, 4.69) is 4.72 Å². The van der Waals surface area contributed by atoms with Crippen molar-refractivity contribution in [1.29, 1.82) is 0 Å². The molecule has 0 radical (unpaired) electrons. The van der Waals surface area contributed by atoms with Crippen molar-refractivity contribution in [1.82, 2.24) is 0 Å². The van der Waals surface area contributed by atoms with Crippen LogP contribution in [0.3, 0.4) is 0 Å². The van der Waals surface area contributed by atoms with Gasteiger partial charge in [-0.1, -0.05) is 40.9 Å². The quantitative estimate of drug-likeness (QED) is 0.876. The van der Waals surface area contributed by atoms with Crippen molar-refractivity contribution in [2.75, 3.05) is 4.72 Å². The van der Waals surface area contributed by atoms with E-state index in [4.69, 9.17) is 23.2 Å². The third-order valence-electron chi connectivity index (χ3n) is 3.05. The number of hydrogen-bond acceptors (Lipinski definition) is 2. The van der Waals surface area contributed by atoms with Crippen molar-refractivity contribution >= 4 is 38.9 Å². The van der Waals surface area contributed by atoms with Gasteiger partial charge in [-0.15, -0.1) is 0 Å². The fourth-order valence-corrected chi connectivity index (χ4v) is 4.41. The molecule has 112 valence electrons. The normalized spacial score (nSPS) is 11.5. The van der Waals surface area contributed by atoms with E-state index in [9.17, 15) is 8.42 Å². The highest BCUT2D eigenvalue weighted by Crippen LogP contribution is 2.29. The predicted octanol–water partition coefficient (Wildman–Crippen LogP) is 4.72. The summed E-state index contributed by atoms with van der Waals surface area (Å²) in [5.41, 5.74) is 2.73. The maximum absolute atomic E-state index is 12.6. The highest BCUT2D eigenvalue weighted by molar-refractivity contribution is 7.92. The molecule has 0 atom stereocenters. The Morgan fingerprint density at radius 1 is 0.952 bits per heavy atom. The average Bonchev–Trinajstić information content (AvgIpc) is 2.30. The van der Waals surface area contributed by atoms with Gasteiger partial charge in [0.25, 0.3) is 10.0 Å². The van der Waals surface area contributed by atoms with Gasteiger partial charge in [0.1, 0.15) is 0 Å². The molecule has 6 heteroatoms. The van der Waals surface area contributed by atoms with Crippen molar-refractivity contribution in [2.24, 2.45) is 0 Å². The zero-order chi connectivity index (χ0) is 15.8. The lowest BCUT2D eigenvalue weighted by molar-refractivity contribution is 0.600. The Labute approximate surface area is 135 Å². The van der Waals surface area contributed by atoms with E-state index in [0.717, 1.165) is 5.56 Å². The van der Waals surface area contributed by atoms with Gasteiger partial charge in [0, 0.05) is 5.02 Å². The fraction of sp³-hybridized carbons (Fsp3) is 0.200. The maximum Gasteiger partial charge on any atom is 0.262 e. The van der Waals surface area contributed by atoms with E-state index in [-0.39, 0.29) is 9.92 Å². The lowest BCUT2D eigenvalue weighted by atomic mass is 10.1. The first-order valence-corrected chi connectivity index (χ1v) is 8.50. The Hall–Kier alpha value is -1.23. The minimum atomic E-state index is -3.70. The van der Waals surface area contributed by atoms with Crippen LogP contribution < -0.4 is 4.72 Å². The molecule has 3 nitrogen and oxygen atoms in total. The van der Waals surface area contributed by atoms with Crippen LogP contribution in [-0.4, -0.2) is 8.42 Å². The van der Waals surface area contributed by atoms with Crippen LogP contribution in [0.2, 0.25) is 10.0 Å². The van der Waals surface area contributed by atoms with Gasteiger partial charge in [-0.2, -0.15) is 0 Å². The number of halogens is 2. The number of benzene rings is 2. The number of rotatable bonds is 3. The number of sulfonamides is 1. The highest BCUT2D eigenvalue weighted by Gasteiger charge is 2.21. The van der Waals surface area contributed by atoms with Crippen molar-refractivity contribution in [3.05, 3.63) is 57.1 Å². The molecule has 2 aromatic carbocycles. The second-order valence-corrected chi connectivity index (χ2v) is 7.42. The fourth-order valence-electron chi connectivity index (χ4n) is 2.36. The van der Waals surface area contributed by atoms with Crippen LogP contribution in [-0.2, 0) is 10.0 Å². The summed E-state index contributed by atoms with van der Waals surface area (Å²) >= 11 is 11.8. The van der Waals surface area contributed by atoms with E-state index in [0.29, 0.717) is 21.8 Å². The molecule has 0 heterocycles. The Bertz CT molecular complexity index is 778.